The van der Waals surface area contributed by atoms with Gasteiger partial charge in [-0.25, -0.2) is 0 Å². The van der Waals surface area contributed by atoms with Gasteiger partial charge in [-0.3, -0.25) is 4.79 Å². The fourth-order valence-corrected chi connectivity index (χ4v) is 1.54. The fraction of sp³-hybridized carbons (Fsp3) is 0.364. The van der Waals surface area contributed by atoms with E-state index in [0.717, 1.165) is 12.1 Å². The second-order valence-electron chi connectivity index (χ2n) is 3.95. The lowest BCUT2D eigenvalue weighted by atomic mass is 10.1. The van der Waals surface area contributed by atoms with Crippen LogP contribution < -0.4 is 10.6 Å². The maximum absolute atomic E-state index is 12.7. The number of halogens is 7. The minimum atomic E-state index is -4.76. The molecule has 0 spiro atoms. The number of nitrogens with one attached hydrogen (secondary N) is 2. The van der Waals surface area contributed by atoms with Crippen molar-refractivity contribution in [2.75, 3.05) is 18.4 Å². The highest BCUT2D eigenvalue weighted by atomic mass is 35.5. The number of rotatable bonds is 4. The maximum atomic E-state index is 12.7. The number of carbonyl (C=O) groups excluding carboxylic acids is 1. The van der Waals surface area contributed by atoms with Crippen molar-refractivity contribution in [1.29, 1.82) is 0 Å². The first-order valence-electron chi connectivity index (χ1n) is 5.43. The highest BCUT2D eigenvalue weighted by Crippen LogP contribution is 2.36. The van der Waals surface area contributed by atoms with Crippen molar-refractivity contribution in [2.24, 2.45) is 0 Å². The van der Waals surface area contributed by atoms with Crippen LogP contribution in [0.3, 0.4) is 0 Å². The molecule has 0 atom stereocenters. The van der Waals surface area contributed by atoms with E-state index in [2.05, 4.69) is 0 Å². The van der Waals surface area contributed by atoms with Crippen LogP contribution in [0.15, 0.2) is 18.2 Å². The molecule has 21 heavy (non-hydrogen) atoms. The van der Waals surface area contributed by atoms with E-state index in [1.54, 1.807) is 5.32 Å². The zero-order valence-electron chi connectivity index (χ0n) is 10.2. The Labute approximate surface area is 120 Å². The lowest BCUT2D eigenvalue weighted by Gasteiger charge is -2.14. The van der Waals surface area contributed by atoms with Gasteiger partial charge in [-0.1, -0.05) is 11.6 Å². The van der Waals surface area contributed by atoms with E-state index in [1.165, 1.54) is 0 Å². The van der Waals surface area contributed by atoms with Gasteiger partial charge in [0.15, 0.2) is 0 Å². The van der Waals surface area contributed by atoms with Crippen LogP contribution in [-0.2, 0) is 11.0 Å². The van der Waals surface area contributed by atoms with Crippen molar-refractivity contribution in [3.63, 3.8) is 0 Å². The Morgan fingerprint density at radius 2 is 1.76 bits per heavy atom. The van der Waals surface area contributed by atoms with E-state index in [4.69, 9.17) is 11.6 Å². The van der Waals surface area contributed by atoms with E-state index in [9.17, 15) is 31.1 Å². The Bertz CT molecular complexity index is 514. The van der Waals surface area contributed by atoms with Gasteiger partial charge in [-0.2, -0.15) is 26.3 Å². The van der Waals surface area contributed by atoms with Crippen molar-refractivity contribution in [2.45, 2.75) is 12.4 Å². The predicted molar refractivity (Wildman–Crippen MR) is 64.0 cm³/mol. The number of anilines is 1. The molecule has 1 rings (SSSR count). The summed E-state index contributed by atoms with van der Waals surface area (Å²) in [6.45, 7) is -2.20. The summed E-state index contributed by atoms with van der Waals surface area (Å²) in [6.07, 6.45) is -9.27. The Hall–Kier alpha value is -1.48. The van der Waals surface area contributed by atoms with Crippen LogP contribution in [0.1, 0.15) is 5.56 Å². The topological polar surface area (TPSA) is 41.1 Å². The zero-order chi connectivity index (χ0) is 16.3. The molecule has 1 aromatic rings. The molecule has 0 fully saturated rings. The van der Waals surface area contributed by atoms with Gasteiger partial charge in [0.1, 0.15) is 0 Å². The second-order valence-corrected chi connectivity index (χ2v) is 4.39. The number of carbonyl (C=O) groups is 1. The minimum absolute atomic E-state index is 0.185. The third kappa shape index (κ3) is 6.21. The van der Waals surface area contributed by atoms with Crippen LogP contribution in [0.25, 0.3) is 0 Å². The Morgan fingerprint density at radius 3 is 2.29 bits per heavy atom. The van der Waals surface area contributed by atoms with E-state index >= 15 is 0 Å². The van der Waals surface area contributed by atoms with Gasteiger partial charge in [0.2, 0.25) is 5.91 Å². The summed E-state index contributed by atoms with van der Waals surface area (Å²) in [7, 11) is 0. The van der Waals surface area contributed by atoms with Crippen LogP contribution in [0.5, 0.6) is 0 Å². The standard InChI is InChI=1S/C11H9ClF6N2O/c12-6-1-2-8(7(3-6)11(16,17)18)20-9(21)4-19-5-10(13,14)15/h1-3,19H,4-5H2,(H,20,21). The summed E-state index contributed by atoms with van der Waals surface area (Å²) in [6, 6.07) is 2.66. The quantitative estimate of drug-likeness (QED) is 0.828. The highest BCUT2D eigenvalue weighted by Gasteiger charge is 2.34. The summed E-state index contributed by atoms with van der Waals surface area (Å²) < 4.78 is 73.7. The first-order chi connectivity index (χ1) is 9.49. The molecule has 118 valence electrons. The molecule has 0 saturated heterocycles. The van der Waals surface area contributed by atoms with E-state index < -0.39 is 42.6 Å². The van der Waals surface area contributed by atoms with Gasteiger partial charge < -0.3 is 10.6 Å². The van der Waals surface area contributed by atoms with Gasteiger partial charge in [0.25, 0.3) is 0 Å². The largest absolute Gasteiger partial charge is 0.418 e. The third-order valence-electron chi connectivity index (χ3n) is 2.17. The molecule has 0 unspecified atom stereocenters. The average Bonchev–Trinajstić information content (AvgIpc) is 2.28. The van der Waals surface area contributed by atoms with Crippen LogP contribution in [0.4, 0.5) is 32.0 Å². The van der Waals surface area contributed by atoms with E-state index in [0.29, 0.717) is 6.07 Å². The first kappa shape index (κ1) is 17.6. The number of hydrogen-bond donors (Lipinski definition) is 2. The first-order valence-corrected chi connectivity index (χ1v) is 5.81. The van der Waals surface area contributed by atoms with Gasteiger partial charge in [0, 0.05) is 5.02 Å². The normalized spacial score (nSPS) is 12.3. The summed E-state index contributed by atoms with van der Waals surface area (Å²) in [5.74, 6) is -1.04. The molecule has 10 heteroatoms. The molecule has 0 heterocycles. The lowest BCUT2D eigenvalue weighted by molar-refractivity contribution is -0.137. The second kappa shape index (κ2) is 6.52. The molecule has 0 aromatic heterocycles. The van der Waals surface area contributed by atoms with Crippen molar-refractivity contribution in [3.05, 3.63) is 28.8 Å². The van der Waals surface area contributed by atoms with Gasteiger partial charge in [-0.15, -0.1) is 0 Å². The van der Waals surface area contributed by atoms with Crippen LogP contribution in [0, 0.1) is 0 Å². The van der Waals surface area contributed by atoms with Crippen molar-refractivity contribution < 1.29 is 31.1 Å². The van der Waals surface area contributed by atoms with Crippen molar-refractivity contribution in [1.82, 2.24) is 5.32 Å². The Kier molecular flexibility index (Phi) is 5.46. The molecular weight excluding hydrogens is 326 g/mol. The van der Waals surface area contributed by atoms with Crippen LogP contribution in [-0.4, -0.2) is 25.2 Å². The molecule has 0 bridgehead atoms. The molecule has 0 radical (unpaired) electrons. The molecule has 0 aliphatic carbocycles. The lowest BCUT2D eigenvalue weighted by Crippen LogP contribution is -2.35. The molecule has 1 aromatic carbocycles. The highest BCUT2D eigenvalue weighted by molar-refractivity contribution is 6.30. The molecule has 2 N–H and O–H groups in total. The Balaban J connectivity index is 2.73. The fourth-order valence-electron chi connectivity index (χ4n) is 1.37. The van der Waals surface area contributed by atoms with E-state index in [1.807, 2.05) is 5.32 Å². The molecule has 3 nitrogen and oxygen atoms in total. The molecule has 0 aliphatic rings. The molecular formula is C11H9ClF6N2O. The summed E-state index contributed by atoms with van der Waals surface area (Å²) in [5.41, 5.74) is -1.76. The SMILES string of the molecule is O=C(CNCC(F)(F)F)Nc1ccc(Cl)cc1C(F)(F)F. The summed E-state index contributed by atoms with van der Waals surface area (Å²) in [4.78, 5) is 11.3. The number of hydrogen-bond acceptors (Lipinski definition) is 2. The predicted octanol–water partition coefficient (Wildman–Crippen LogP) is 3.45. The van der Waals surface area contributed by atoms with Gasteiger partial charge in [-0.05, 0) is 18.2 Å². The number of amides is 1. The summed E-state index contributed by atoms with van der Waals surface area (Å²) >= 11 is 5.44. The smallest absolute Gasteiger partial charge is 0.324 e. The molecule has 0 aliphatic heterocycles. The number of benzene rings is 1. The summed E-state index contributed by atoms with van der Waals surface area (Å²) in [5, 5.41) is 3.47. The van der Waals surface area contributed by atoms with Crippen molar-refractivity contribution in [3.8, 4) is 0 Å². The molecule has 1 amide bonds. The minimum Gasteiger partial charge on any atom is -0.324 e. The van der Waals surface area contributed by atoms with Gasteiger partial charge >= 0.3 is 12.4 Å². The van der Waals surface area contributed by atoms with Crippen LogP contribution in [0.2, 0.25) is 5.02 Å². The monoisotopic (exact) mass is 334 g/mol. The maximum Gasteiger partial charge on any atom is 0.418 e. The number of alkyl halides is 6. The van der Waals surface area contributed by atoms with Crippen LogP contribution >= 0.6 is 11.6 Å². The Morgan fingerprint density at radius 1 is 1.14 bits per heavy atom. The van der Waals surface area contributed by atoms with E-state index in [-0.39, 0.29) is 5.02 Å². The third-order valence-corrected chi connectivity index (χ3v) is 2.41. The average molecular weight is 335 g/mol. The van der Waals surface area contributed by atoms with Gasteiger partial charge in [0.05, 0.1) is 24.3 Å². The molecule has 0 saturated carbocycles. The van der Waals surface area contributed by atoms with Crippen molar-refractivity contribution >= 4 is 23.2 Å². The zero-order valence-corrected chi connectivity index (χ0v) is 11.0.